The predicted molar refractivity (Wildman–Crippen MR) is 61.7 cm³/mol. The molecule has 3 rings (SSSR count). The molecule has 2 aromatic carbocycles. The van der Waals surface area contributed by atoms with Gasteiger partial charge in [0, 0.05) is 12.5 Å². The average Bonchev–Trinajstić information content (AvgIpc) is 2.63. The minimum atomic E-state index is 0.275. The van der Waals surface area contributed by atoms with Gasteiger partial charge in [-0.3, -0.25) is 5.73 Å². The lowest BCUT2D eigenvalue weighted by molar-refractivity contribution is 0.822. The molecule has 15 heavy (non-hydrogen) atoms. The Morgan fingerprint density at radius 1 is 0.800 bits per heavy atom. The molecule has 1 heteroatoms. The van der Waals surface area contributed by atoms with Gasteiger partial charge in [-0.05, 0) is 22.3 Å². The van der Waals surface area contributed by atoms with Gasteiger partial charge >= 0.3 is 0 Å². The van der Waals surface area contributed by atoms with Crippen molar-refractivity contribution >= 4 is 0 Å². The number of nitrogens with one attached hydrogen (secondary N) is 1. The minimum absolute atomic E-state index is 0.275. The van der Waals surface area contributed by atoms with Gasteiger partial charge in [-0.2, -0.15) is 0 Å². The summed E-state index contributed by atoms with van der Waals surface area (Å²) in [5, 5.41) is 0. The van der Waals surface area contributed by atoms with Crippen LogP contribution in [0.1, 0.15) is 17.0 Å². The van der Waals surface area contributed by atoms with Gasteiger partial charge in [0.25, 0.3) is 0 Å². The molecule has 0 amide bonds. The Morgan fingerprint density at radius 2 is 1.27 bits per heavy atom. The van der Waals surface area contributed by atoms with Gasteiger partial charge in [-0.25, -0.2) is 0 Å². The number of benzene rings is 2. The van der Waals surface area contributed by atoms with E-state index in [1.165, 1.54) is 22.3 Å². The molecule has 0 saturated heterocycles. The fraction of sp³-hybridized carbons (Fsp3) is 0.143. The smallest absolute Gasteiger partial charge is 0.0240 e. The van der Waals surface area contributed by atoms with Crippen LogP contribution >= 0.6 is 0 Å². The SMILES string of the molecule is [NH]CC1c2ccccc2-c2ccccc21. The molecular weight excluding hydrogens is 182 g/mol. The van der Waals surface area contributed by atoms with Crippen molar-refractivity contribution in [3.63, 3.8) is 0 Å². The first kappa shape index (κ1) is 8.69. The zero-order valence-electron chi connectivity index (χ0n) is 8.40. The van der Waals surface area contributed by atoms with Crippen molar-refractivity contribution in [2.45, 2.75) is 5.92 Å². The van der Waals surface area contributed by atoms with Crippen LogP contribution in [0, 0.1) is 0 Å². The highest BCUT2D eigenvalue weighted by Gasteiger charge is 2.26. The van der Waals surface area contributed by atoms with Crippen LogP contribution in [-0.2, 0) is 0 Å². The molecule has 0 aliphatic heterocycles. The molecule has 0 atom stereocenters. The zero-order chi connectivity index (χ0) is 10.3. The molecule has 0 unspecified atom stereocenters. The first-order chi connectivity index (χ1) is 7.42. The second kappa shape index (κ2) is 3.21. The molecule has 1 N–H and O–H groups in total. The van der Waals surface area contributed by atoms with Gasteiger partial charge < -0.3 is 0 Å². The Bertz CT molecular complexity index is 457. The Morgan fingerprint density at radius 3 is 1.73 bits per heavy atom. The number of hydrogen-bond donors (Lipinski definition) is 0. The summed E-state index contributed by atoms with van der Waals surface area (Å²) in [4.78, 5) is 0. The standard InChI is InChI=1S/C14H12N/c15-9-14-12-7-3-1-5-10(12)11-6-2-4-8-13(11)14/h1-8,14-15H,9H2. The Balaban J connectivity index is 2.31. The van der Waals surface area contributed by atoms with E-state index in [0.717, 1.165) is 0 Å². The fourth-order valence-corrected chi connectivity index (χ4v) is 2.48. The van der Waals surface area contributed by atoms with E-state index < -0.39 is 0 Å². The second-order valence-electron chi connectivity index (χ2n) is 3.93. The van der Waals surface area contributed by atoms with Crippen molar-refractivity contribution in [2.24, 2.45) is 0 Å². The summed E-state index contributed by atoms with van der Waals surface area (Å²) < 4.78 is 0. The van der Waals surface area contributed by atoms with Crippen LogP contribution in [0.3, 0.4) is 0 Å². The maximum Gasteiger partial charge on any atom is 0.0240 e. The van der Waals surface area contributed by atoms with Crippen molar-refractivity contribution < 1.29 is 0 Å². The molecule has 73 valence electrons. The van der Waals surface area contributed by atoms with E-state index in [2.05, 4.69) is 48.5 Å². The van der Waals surface area contributed by atoms with E-state index in [1.807, 2.05) is 0 Å². The average molecular weight is 194 g/mol. The Kier molecular flexibility index (Phi) is 1.86. The van der Waals surface area contributed by atoms with Gasteiger partial charge in [-0.1, -0.05) is 48.5 Å². The van der Waals surface area contributed by atoms with Gasteiger partial charge in [0.1, 0.15) is 0 Å². The van der Waals surface area contributed by atoms with Crippen LogP contribution in [0.25, 0.3) is 11.1 Å². The molecular formula is C14H12N. The highest BCUT2D eigenvalue weighted by atomic mass is 14.6. The van der Waals surface area contributed by atoms with Crippen molar-refractivity contribution in [2.75, 3.05) is 6.54 Å². The van der Waals surface area contributed by atoms with E-state index in [0.29, 0.717) is 6.54 Å². The highest BCUT2D eigenvalue weighted by molar-refractivity contribution is 5.78. The van der Waals surface area contributed by atoms with Gasteiger partial charge in [0.05, 0.1) is 0 Å². The molecule has 0 spiro atoms. The third kappa shape index (κ3) is 1.13. The third-order valence-corrected chi connectivity index (χ3v) is 3.17. The maximum absolute atomic E-state index is 7.66. The Labute approximate surface area is 89.6 Å². The number of hydrogen-bond acceptors (Lipinski definition) is 0. The molecule has 0 aromatic heterocycles. The normalized spacial score (nSPS) is 13.7. The zero-order valence-corrected chi connectivity index (χ0v) is 8.40. The molecule has 0 bridgehead atoms. The molecule has 0 heterocycles. The molecule has 1 aliphatic rings. The van der Waals surface area contributed by atoms with Gasteiger partial charge in [-0.15, -0.1) is 0 Å². The summed E-state index contributed by atoms with van der Waals surface area (Å²) in [6.07, 6.45) is 0. The number of rotatable bonds is 1. The lowest BCUT2D eigenvalue weighted by atomic mass is 9.97. The van der Waals surface area contributed by atoms with Crippen LogP contribution in [0.5, 0.6) is 0 Å². The largest absolute Gasteiger partial charge is 0.257 e. The van der Waals surface area contributed by atoms with Crippen LogP contribution in [-0.4, -0.2) is 6.54 Å². The van der Waals surface area contributed by atoms with E-state index >= 15 is 0 Å². The predicted octanol–water partition coefficient (Wildman–Crippen LogP) is 3.08. The quantitative estimate of drug-likeness (QED) is 0.666. The topological polar surface area (TPSA) is 23.8 Å². The van der Waals surface area contributed by atoms with Crippen molar-refractivity contribution in [1.82, 2.24) is 5.73 Å². The first-order valence-electron chi connectivity index (χ1n) is 5.24. The molecule has 2 aromatic rings. The number of fused-ring (bicyclic) bond motifs is 3. The summed E-state index contributed by atoms with van der Waals surface area (Å²) in [5.41, 5.74) is 12.9. The summed E-state index contributed by atoms with van der Waals surface area (Å²) in [6, 6.07) is 16.9. The maximum atomic E-state index is 7.66. The van der Waals surface area contributed by atoms with Crippen molar-refractivity contribution in [3.05, 3.63) is 59.7 Å². The van der Waals surface area contributed by atoms with Gasteiger partial charge in [0.15, 0.2) is 0 Å². The van der Waals surface area contributed by atoms with E-state index in [-0.39, 0.29) is 5.92 Å². The van der Waals surface area contributed by atoms with Crippen LogP contribution in [0.15, 0.2) is 48.5 Å². The summed E-state index contributed by atoms with van der Waals surface area (Å²) in [5.74, 6) is 0.275. The molecule has 0 saturated carbocycles. The molecule has 0 fully saturated rings. The van der Waals surface area contributed by atoms with Crippen molar-refractivity contribution in [1.29, 1.82) is 0 Å². The lowest BCUT2D eigenvalue weighted by Gasteiger charge is -2.08. The van der Waals surface area contributed by atoms with E-state index in [9.17, 15) is 0 Å². The second-order valence-corrected chi connectivity index (χ2v) is 3.93. The Hall–Kier alpha value is -1.60. The van der Waals surface area contributed by atoms with E-state index in [1.54, 1.807) is 0 Å². The van der Waals surface area contributed by atoms with Gasteiger partial charge in [0.2, 0.25) is 0 Å². The molecule has 1 nitrogen and oxygen atoms in total. The monoisotopic (exact) mass is 194 g/mol. The summed E-state index contributed by atoms with van der Waals surface area (Å²) in [7, 11) is 0. The lowest BCUT2D eigenvalue weighted by Crippen LogP contribution is -2.02. The molecule has 1 aliphatic carbocycles. The summed E-state index contributed by atoms with van der Waals surface area (Å²) in [6.45, 7) is 0.439. The van der Waals surface area contributed by atoms with Crippen LogP contribution < -0.4 is 5.73 Å². The third-order valence-electron chi connectivity index (χ3n) is 3.17. The highest BCUT2D eigenvalue weighted by Crippen LogP contribution is 2.43. The fourth-order valence-electron chi connectivity index (χ4n) is 2.48. The van der Waals surface area contributed by atoms with Crippen LogP contribution in [0.2, 0.25) is 0 Å². The summed E-state index contributed by atoms with van der Waals surface area (Å²) >= 11 is 0. The van der Waals surface area contributed by atoms with Crippen molar-refractivity contribution in [3.8, 4) is 11.1 Å². The minimum Gasteiger partial charge on any atom is -0.257 e. The molecule has 1 radical (unpaired) electrons. The van der Waals surface area contributed by atoms with Crippen LogP contribution in [0.4, 0.5) is 0 Å². The first-order valence-corrected chi connectivity index (χ1v) is 5.24. The van der Waals surface area contributed by atoms with E-state index in [4.69, 9.17) is 5.73 Å².